The van der Waals surface area contributed by atoms with E-state index in [9.17, 15) is 5.11 Å². The lowest BCUT2D eigenvalue weighted by molar-refractivity contribution is 0.0980. The van der Waals surface area contributed by atoms with Crippen LogP contribution in [0.4, 0.5) is 0 Å². The summed E-state index contributed by atoms with van der Waals surface area (Å²) in [7, 11) is 1.84. The van der Waals surface area contributed by atoms with Gasteiger partial charge >= 0.3 is 0 Å². The zero-order valence-electron chi connectivity index (χ0n) is 13.1. The topological polar surface area (TPSA) is 41.3 Å². The largest absolute Gasteiger partial charge is 0.370 e. The molecule has 1 aromatic carbocycles. The number of benzene rings is 1. The van der Waals surface area contributed by atoms with E-state index >= 15 is 0 Å². The van der Waals surface area contributed by atoms with E-state index in [1.807, 2.05) is 61.9 Å². The van der Waals surface area contributed by atoms with Gasteiger partial charge in [-0.2, -0.15) is 0 Å². The molecule has 24 heavy (non-hydrogen) atoms. The number of nitrogens with zero attached hydrogens (tertiary/aromatic N) is 3. The number of allylic oxidation sites excluding steroid dienone is 2. The van der Waals surface area contributed by atoms with Crippen LogP contribution < -0.4 is 0 Å². The molecule has 1 atom stereocenters. The van der Waals surface area contributed by atoms with Gasteiger partial charge in [-0.15, -0.1) is 0 Å². The second kappa shape index (κ2) is 5.82. The molecule has 1 aliphatic rings. The number of halogens is 1. The SMILES string of the molecule is CN1C=CC(c2cc3ccncc3n2-c2ccc(Cl)cc2)=CC1O. The monoisotopic (exact) mass is 337 g/mol. The molecule has 120 valence electrons. The summed E-state index contributed by atoms with van der Waals surface area (Å²) in [5, 5.41) is 11.9. The molecule has 3 heterocycles. The Kier molecular flexibility index (Phi) is 3.63. The molecule has 0 radical (unpaired) electrons. The number of hydrogen-bond acceptors (Lipinski definition) is 3. The molecule has 5 heteroatoms. The quantitative estimate of drug-likeness (QED) is 0.772. The highest BCUT2D eigenvalue weighted by Crippen LogP contribution is 2.31. The molecule has 0 amide bonds. The average molecular weight is 338 g/mol. The third-order valence-corrected chi connectivity index (χ3v) is 4.47. The molecule has 3 aromatic rings. The Bertz CT molecular complexity index is 956. The lowest BCUT2D eigenvalue weighted by atomic mass is 10.1. The molecule has 4 nitrogen and oxygen atoms in total. The van der Waals surface area contributed by atoms with Crippen molar-refractivity contribution in [1.82, 2.24) is 14.5 Å². The summed E-state index contributed by atoms with van der Waals surface area (Å²) < 4.78 is 2.13. The van der Waals surface area contributed by atoms with Crippen LogP contribution in [0, 0.1) is 0 Å². The highest BCUT2D eigenvalue weighted by atomic mass is 35.5. The predicted molar refractivity (Wildman–Crippen MR) is 97.0 cm³/mol. The summed E-state index contributed by atoms with van der Waals surface area (Å²) in [6.45, 7) is 0. The van der Waals surface area contributed by atoms with Crippen LogP contribution in [0.1, 0.15) is 5.69 Å². The molecule has 1 unspecified atom stereocenters. The van der Waals surface area contributed by atoms with Crippen LogP contribution >= 0.6 is 11.6 Å². The molecule has 1 N–H and O–H groups in total. The van der Waals surface area contributed by atoms with E-state index in [0.717, 1.165) is 27.9 Å². The number of likely N-dealkylation sites (N-methyl/N-ethyl adjacent to an activating group) is 1. The van der Waals surface area contributed by atoms with Gasteiger partial charge in [-0.3, -0.25) is 4.98 Å². The van der Waals surface area contributed by atoms with E-state index in [4.69, 9.17) is 11.6 Å². The molecular formula is C19H16ClN3O. The van der Waals surface area contributed by atoms with E-state index in [1.54, 1.807) is 11.1 Å². The fourth-order valence-corrected chi connectivity index (χ4v) is 3.04. The summed E-state index contributed by atoms with van der Waals surface area (Å²) in [5.74, 6) is 0. The van der Waals surface area contributed by atoms with Crippen molar-refractivity contribution in [2.75, 3.05) is 7.05 Å². The third-order valence-electron chi connectivity index (χ3n) is 4.22. The van der Waals surface area contributed by atoms with Gasteiger partial charge in [0.05, 0.1) is 17.4 Å². The van der Waals surface area contributed by atoms with Gasteiger partial charge in [-0.25, -0.2) is 0 Å². The minimum Gasteiger partial charge on any atom is -0.370 e. The van der Waals surface area contributed by atoms with Crippen LogP contribution in [-0.2, 0) is 0 Å². The first-order chi connectivity index (χ1) is 11.6. The Morgan fingerprint density at radius 2 is 1.96 bits per heavy atom. The van der Waals surface area contributed by atoms with Gasteiger partial charge in [0, 0.05) is 41.1 Å². The summed E-state index contributed by atoms with van der Waals surface area (Å²) in [6.07, 6.45) is 8.71. The van der Waals surface area contributed by atoms with Crippen molar-refractivity contribution in [3.63, 3.8) is 0 Å². The number of aliphatic hydroxyl groups excluding tert-OH is 1. The van der Waals surface area contributed by atoms with E-state index < -0.39 is 6.23 Å². The third kappa shape index (κ3) is 2.50. The number of aromatic nitrogens is 2. The van der Waals surface area contributed by atoms with Gasteiger partial charge in [0.25, 0.3) is 0 Å². The summed E-state index contributed by atoms with van der Waals surface area (Å²) >= 11 is 6.03. The number of hydrogen-bond donors (Lipinski definition) is 1. The fraction of sp³-hybridized carbons (Fsp3) is 0.105. The number of pyridine rings is 1. The lowest BCUT2D eigenvalue weighted by Crippen LogP contribution is -2.26. The smallest absolute Gasteiger partial charge is 0.146 e. The van der Waals surface area contributed by atoms with E-state index in [2.05, 4.69) is 15.6 Å². The van der Waals surface area contributed by atoms with Crippen molar-refractivity contribution in [1.29, 1.82) is 0 Å². The molecule has 0 spiro atoms. The van der Waals surface area contributed by atoms with E-state index in [0.29, 0.717) is 5.02 Å². The van der Waals surface area contributed by atoms with Gasteiger partial charge < -0.3 is 14.6 Å². The van der Waals surface area contributed by atoms with Gasteiger partial charge in [0.2, 0.25) is 0 Å². The van der Waals surface area contributed by atoms with Crippen LogP contribution in [0.2, 0.25) is 5.02 Å². The Hall–Kier alpha value is -2.56. The first-order valence-electron chi connectivity index (χ1n) is 7.65. The number of aliphatic hydroxyl groups is 1. The Morgan fingerprint density at radius 3 is 2.71 bits per heavy atom. The van der Waals surface area contributed by atoms with E-state index in [-0.39, 0.29) is 0 Å². The predicted octanol–water partition coefficient (Wildman–Crippen LogP) is 3.84. The minimum atomic E-state index is -0.639. The van der Waals surface area contributed by atoms with Crippen LogP contribution in [0.25, 0.3) is 22.2 Å². The summed E-state index contributed by atoms with van der Waals surface area (Å²) in [5.41, 5.74) is 3.98. The van der Waals surface area contributed by atoms with Gasteiger partial charge in [0.15, 0.2) is 0 Å². The Morgan fingerprint density at radius 1 is 1.17 bits per heavy atom. The molecule has 0 aliphatic carbocycles. The molecule has 0 saturated carbocycles. The second-order valence-corrected chi connectivity index (χ2v) is 6.23. The maximum Gasteiger partial charge on any atom is 0.146 e. The Labute approximate surface area is 144 Å². The standard InChI is InChI=1S/C19H16ClN3O/c1-22-9-7-14(11-19(22)24)17-10-13-6-8-21-12-18(13)23(17)16-4-2-15(20)3-5-16/h2-12,19,24H,1H3. The molecule has 0 saturated heterocycles. The summed E-state index contributed by atoms with van der Waals surface area (Å²) in [4.78, 5) is 6.01. The Balaban J connectivity index is 1.96. The average Bonchev–Trinajstić information content (AvgIpc) is 2.97. The van der Waals surface area contributed by atoms with Gasteiger partial charge in [-0.05, 0) is 48.6 Å². The van der Waals surface area contributed by atoms with Crippen LogP contribution in [-0.4, -0.2) is 32.8 Å². The van der Waals surface area contributed by atoms with Crippen molar-refractivity contribution >= 4 is 28.1 Å². The number of fused-ring (bicyclic) bond motifs is 1. The fourth-order valence-electron chi connectivity index (χ4n) is 2.92. The zero-order chi connectivity index (χ0) is 16.7. The molecular weight excluding hydrogens is 322 g/mol. The normalized spacial score (nSPS) is 17.4. The van der Waals surface area contributed by atoms with Crippen LogP contribution in [0.15, 0.2) is 67.1 Å². The maximum absolute atomic E-state index is 10.1. The molecule has 0 bridgehead atoms. The highest BCUT2D eigenvalue weighted by molar-refractivity contribution is 6.30. The van der Waals surface area contributed by atoms with Crippen LogP contribution in [0.3, 0.4) is 0 Å². The van der Waals surface area contributed by atoms with Crippen molar-refractivity contribution in [3.05, 3.63) is 77.9 Å². The van der Waals surface area contributed by atoms with Crippen molar-refractivity contribution in [2.45, 2.75) is 6.23 Å². The minimum absolute atomic E-state index is 0.639. The second-order valence-electron chi connectivity index (χ2n) is 5.79. The van der Waals surface area contributed by atoms with Crippen molar-refractivity contribution in [3.8, 4) is 5.69 Å². The lowest BCUT2D eigenvalue weighted by Gasteiger charge is -2.24. The highest BCUT2D eigenvalue weighted by Gasteiger charge is 2.17. The zero-order valence-corrected chi connectivity index (χ0v) is 13.9. The van der Waals surface area contributed by atoms with Gasteiger partial charge in [0.1, 0.15) is 6.23 Å². The first-order valence-corrected chi connectivity index (χ1v) is 8.03. The molecule has 4 rings (SSSR count). The van der Waals surface area contributed by atoms with Crippen molar-refractivity contribution < 1.29 is 5.11 Å². The summed E-state index contributed by atoms with van der Waals surface area (Å²) in [6, 6.07) is 11.8. The van der Waals surface area contributed by atoms with E-state index in [1.165, 1.54) is 0 Å². The molecule has 1 aliphatic heterocycles. The molecule has 2 aromatic heterocycles. The van der Waals surface area contributed by atoms with Crippen LogP contribution in [0.5, 0.6) is 0 Å². The van der Waals surface area contributed by atoms with Crippen molar-refractivity contribution in [2.24, 2.45) is 0 Å². The molecule has 0 fully saturated rings. The maximum atomic E-state index is 10.1. The number of rotatable bonds is 2. The first kappa shape index (κ1) is 15.0. The van der Waals surface area contributed by atoms with Gasteiger partial charge in [-0.1, -0.05) is 11.6 Å².